The van der Waals surface area contributed by atoms with E-state index in [1.807, 2.05) is 30.3 Å². The van der Waals surface area contributed by atoms with Crippen molar-refractivity contribution in [1.82, 2.24) is 0 Å². The Morgan fingerprint density at radius 1 is 1.18 bits per heavy atom. The molecule has 0 radical (unpaired) electrons. The molecule has 0 aromatic heterocycles. The monoisotopic (exact) mass is 250 g/mol. The standard InChI is InChI=1S/C15H22OS/c1-3-4-5-7-10-14(2)17(16)13-15-11-8-6-9-12-15/h6,8-9,11-12H,2-5,7,10,13H2,1H3/t17-/m0/s1. The normalized spacial score (nSPS) is 12.3. The van der Waals surface area contributed by atoms with E-state index in [2.05, 4.69) is 13.5 Å². The largest absolute Gasteiger partial charge is 0.254 e. The molecule has 0 saturated carbocycles. The molecule has 17 heavy (non-hydrogen) atoms. The molecule has 0 heterocycles. The van der Waals surface area contributed by atoms with Crippen LogP contribution in [0, 0.1) is 0 Å². The van der Waals surface area contributed by atoms with Gasteiger partial charge in [-0.15, -0.1) is 0 Å². The van der Waals surface area contributed by atoms with Crippen molar-refractivity contribution in [2.75, 3.05) is 0 Å². The molecule has 0 N–H and O–H groups in total. The highest BCUT2D eigenvalue weighted by Crippen LogP contribution is 2.15. The van der Waals surface area contributed by atoms with E-state index in [1.54, 1.807) is 0 Å². The summed E-state index contributed by atoms with van der Waals surface area (Å²) in [5.41, 5.74) is 1.13. The molecule has 0 spiro atoms. The SMILES string of the molecule is C=C(CCCCCC)[S@@](=O)Cc1ccccc1. The third-order valence-corrected chi connectivity index (χ3v) is 4.22. The van der Waals surface area contributed by atoms with Crippen molar-refractivity contribution in [2.24, 2.45) is 0 Å². The molecule has 0 aliphatic heterocycles. The second kappa shape index (κ2) is 8.24. The lowest BCUT2D eigenvalue weighted by atomic mass is 10.1. The zero-order chi connectivity index (χ0) is 12.5. The number of benzene rings is 1. The predicted molar refractivity (Wildman–Crippen MR) is 76.2 cm³/mol. The van der Waals surface area contributed by atoms with Crippen molar-refractivity contribution >= 4 is 10.8 Å². The minimum absolute atomic E-state index is 0.605. The molecule has 94 valence electrons. The van der Waals surface area contributed by atoms with Crippen LogP contribution in [0.1, 0.15) is 44.6 Å². The van der Waals surface area contributed by atoms with Gasteiger partial charge in [0.2, 0.25) is 0 Å². The van der Waals surface area contributed by atoms with Crippen LogP contribution in [-0.4, -0.2) is 4.21 Å². The molecule has 0 bridgehead atoms. The second-order valence-electron chi connectivity index (χ2n) is 4.32. The molecule has 1 nitrogen and oxygen atoms in total. The van der Waals surface area contributed by atoms with Crippen molar-refractivity contribution < 1.29 is 4.21 Å². The van der Waals surface area contributed by atoms with Gasteiger partial charge in [-0.25, -0.2) is 0 Å². The van der Waals surface area contributed by atoms with Crippen LogP contribution >= 0.6 is 0 Å². The van der Waals surface area contributed by atoms with Crippen LogP contribution in [0.4, 0.5) is 0 Å². The quantitative estimate of drug-likeness (QED) is 0.624. The van der Waals surface area contributed by atoms with Crippen LogP contribution in [0.5, 0.6) is 0 Å². The Morgan fingerprint density at radius 2 is 1.88 bits per heavy atom. The van der Waals surface area contributed by atoms with E-state index in [-0.39, 0.29) is 0 Å². The lowest BCUT2D eigenvalue weighted by Crippen LogP contribution is -1.98. The van der Waals surface area contributed by atoms with E-state index >= 15 is 0 Å². The minimum Gasteiger partial charge on any atom is -0.254 e. The van der Waals surface area contributed by atoms with Gasteiger partial charge < -0.3 is 0 Å². The zero-order valence-electron chi connectivity index (χ0n) is 10.7. The summed E-state index contributed by atoms with van der Waals surface area (Å²) in [6.45, 7) is 6.15. The van der Waals surface area contributed by atoms with Crippen LogP contribution < -0.4 is 0 Å². The number of allylic oxidation sites excluding steroid dienone is 1. The number of rotatable bonds is 8. The maximum absolute atomic E-state index is 12.0. The molecule has 1 atom stereocenters. The Hall–Kier alpha value is -0.890. The summed E-state index contributed by atoms with van der Waals surface area (Å²) >= 11 is 0. The van der Waals surface area contributed by atoms with Gasteiger partial charge >= 0.3 is 0 Å². The maximum Gasteiger partial charge on any atom is 0.0529 e. The summed E-state index contributed by atoms with van der Waals surface area (Å²) < 4.78 is 12.0. The number of hydrogen-bond acceptors (Lipinski definition) is 1. The molecule has 2 heteroatoms. The van der Waals surface area contributed by atoms with Gasteiger partial charge in [-0.3, -0.25) is 4.21 Å². The number of hydrogen-bond donors (Lipinski definition) is 0. The highest BCUT2D eigenvalue weighted by Gasteiger charge is 2.05. The Balaban J connectivity index is 2.30. The molecule has 0 aliphatic rings. The lowest BCUT2D eigenvalue weighted by molar-refractivity contribution is 0.663. The van der Waals surface area contributed by atoms with Gasteiger partial charge in [-0.2, -0.15) is 0 Å². The first-order valence-corrected chi connectivity index (χ1v) is 7.66. The third-order valence-electron chi connectivity index (χ3n) is 2.77. The molecule has 1 aromatic rings. The second-order valence-corrected chi connectivity index (χ2v) is 5.88. The van der Waals surface area contributed by atoms with E-state index in [0.717, 1.165) is 23.3 Å². The first-order chi connectivity index (χ1) is 8.24. The predicted octanol–water partition coefficient (Wildman–Crippen LogP) is 4.42. The molecule has 0 amide bonds. The molecular weight excluding hydrogens is 228 g/mol. The maximum atomic E-state index is 12.0. The summed E-state index contributed by atoms with van der Waals surface area (Å²) in [5, 5.41) is 0. The summed E-state index contributed by atoms with van der Waals surface area (Å²) in [4.78, 5) is 0.893. The van der Waals surface area contributed by atoms with Crippen LogP contribution in [0.2, 0.25) is 0 Å². The summed E-state index contributed by atoms with van der Waals surface area (Å²) in [6, 6.07) is 9.98. The molecule has 0 fully saturated rings. The topological polar surface area (TPSA) is 17.1 Å². The minimum atomic E-state index is -0.916. The smallest absolute Gasteiger partial charge is 0.0529 e. The van der Waals surface area contributed by atoms with Crippen LogP contribution in [0.25, 0.3) is 0 Å². The van der Waals surface area contributed by atoms with Crippen molar-refractivity contribution in [3.05, 3.63) is 47.4 Å². The fourth-order valence-corrected chi connectivity index (χ4v) is 2.76. The van der Waals surface area contributed by atoms with E-state index < -0.39 is 10.8 Å². The van der Waals surface area contributed by atoms with E-state index in [1.165, 1.54) is 19.3 Å². The molecule has 1 rings (SSSR count). The molecule has 0 unspecified atom stereocenters. The van der Waals surface area contributed by atoms with Crippen molar-refractivity contribution in [3.8, 4) is 0 Å². The summed E-state index contributed by atoms with van der Waals surface area (Å²) in [6.07, 6.45) is 5.74. The molecule has 1 aromatic carbocycles. The van der Waals surface area contributed by atoms with E-state index in [0.29, 0.717) is 5.75 Å². The van der Waals surface area contributed by atoms with Crippen molar-refractivity contribution in [3.63, 3.8) is 0 Å². The summed E-state index contributed by atoms with van der Waals surface area (Å²) in [5.74, 6) is 0.605. The third kappa shape index (κ3) is 5.83. The average molecular weight is 250 g/mol. The van der Waals surface area contributed by atoms with Crippen LogP contribution in [0.3, 0.4) is 0 Å². The first-order valence-electron chi connectivity index (χ1n) is 6.34. The van der Waals surface area contributed by atoms with Gasteiger partial charge in [0.1, 0.15) is 0 Å². The zero-order valence-corrected chi connectivity index (χ0v) is 11.5. The van der Waals surface area contributed by atoms with Gasteiger partial charge in [0, 0.05) is 4.91 Å². The van der Waals surface area contributed by atoms with Crippen molar-refractivity contribution in [1.29, 1.82) is 0 Å². The number of unbranched alkanes of at least 4 members (excludes halogenated alkanes) is 3. The Bertz CT molecular complexity index is 356. The Morgan fingerprint density at radius 3 is 2.53 bits per heavy atom. The molecule has 0 aliphatic carbocycles. The Kier molecular flexibility index (Phi) is 6.87. The van der Waals surface area contributed by atoms with Gasteiger partial charge in [0.15, 0.2) is 0 Å². The first kappa shape index (κ1) is 14.2. The fraction of sp³-hybridized carbons (Fsp3) is 0.467. The Labute approximate surface area is 107 Å². The van der Waals surface area contributed by atoms with E-state index in [9.17, 15) is 4.21 Å². The van der Waals surface area contributed by atoms with Gasteiger partial charge in [-0.05, 0) is 18.4 Å². The fourth-order valence-electron chi connectivity index (χ4n) is 1.69. The van der Waals surface area contributed by atoms with Crippen LogP contribution in [0.15, 0.2) is 41.8 Å². The van der Waals surface area contributed by atoms with E-state index in [4.69, 9.17) is 0 Å². The lowest BCUT2D eigenvalue weighted by Gasteiger charge is -2.06. The molecular formula is C15H22OS. The van der Waals surface area contributed by atoms with Gasteiger partial charge in [0.05, 0.1) is 16.6 Å². The van der Waals surface area contributed by atoms with Gasteiger partial charge in [-0.1, -0.05) is 63.1 Å². The highest BCUT2D eigenvalue weighted by molar-refractivity contribution is 7.88. The van der Waals surface area contributed by atoms with Gasteiger partial charge in [0.25, 0.3) is 0 Å². The summed E-state index contributed by atoms with van der Waals surface area (Å²) in [7, 11) is -0.916. The van der Waals surface area contributed by atoms with Crippen molar-refractivity contribution in [2.45, 2.75) is 44.8 Å². The van der Waals surface area contributed by atoms with Crippen LogP contribution in [-0.2, 0) is 16.6 Å². The molecule has 0 saturated heterocycles. The highest BCUT2D eigenvalue weighted by atomic mass is 32.2. The average Bonchev–Trinajstić information content (AvgIpc) is 2.35.